The zero-order chi connectivity index (χ0) is 13.1. The van der Waals surface area contributed by atoms with Crippen LogP contribution in [0.5, 0.6) is 0 Å². The largest absolute Gasteiger partial charge is 0.192 e. The molecule has 1 nitrogen and oxygen atoms in total. The highest BCUT2D eigenvalue weighted by molar-refractivity contribution is 5.74. The average Bonchev–Trinajstić information content (AvgIpc) is 2.38. The molecule has 0 unspecified atom stereocenters. The second-order valence-corrected chi connectivity index (χ2v) is 4.47. The number of nitrogens with zero attached hydrogens (tertiary/aromatic N) is 1. The summed E-state index contributed by atoms with van der Waals surface area (Å²) in [6, 6.07) is 16.1. The lowest BCUT2D eigenvalue weighted by Gasteiger charge is -2.09. The van der Waals surface area contributed by atoms with Gasteiger partial charge < -0.3 is 0 Å². The minimum atomic E-state index is 0.708. The predicted octanol–water partition coefficient (Wildman–Crippen LogP) is 4.57. The Kier molecular flexibility index (Phi) is 3.30. The Morgan fingerprint density at radius 3 is 2.50 bits per heavy atom. The molecule has 0 fully saturated rings. The minimum Gasteiger partial charge on any atom is -0.192 e. The first-order valence-corrected chi connectivity index (χ1v) is 5.89. The van der Waals surface area contributed by atoms with Gasteiger partial charge in [-0.25, -0.2) is 0 Å². The summed E-state index contributed by atoms with van der Waals surface area (Å²) in [6.45, 7) is 8.05. The Morgan fingerprint density at radius 2 is 1.89 bits per heavy atom. The molecule has 2 rings (SSSR count). The molecule has 0 N–H and O–H groups in total. The number of aryl methyl sites for hydroxylation is 1. The Bertz CT molecular complexity index is 645. The van der Waals surface area contributed by atoms with E-state index in [2.05, 4.69) is 31.7 Å². The van der Waals surface area contributed by atoms with E-state index in [4.69, 9.17) is 5.26 Å². The van der Waals surface area contributed by atoms with Crippen molar-refractivity contribution in [1.29, 1.82) is 5.26 Å². The van der Waals surface area contributed by atoms with Gasteiger partial charge in [-0.3, -0.25) is 0 Å². The summed E-state index contributed by atoms with van der Waals surface area (Å²) in [7, 11) is 0. The maximum absolute atomic E-state index is 9.13. The molecule has 0 aliphatic heterocycles. The van der Waals surface area contributed by atoms with E-state index in [0.717, 1.165) is 16.7 Å². The summed E-state index contributed by atoms with van der Waals surface area (Å²) in [5, 5.41) is 9.13. The van der Waals surface area contributed by atoms with E-state index >= 15 is 0 Å². The molecule has 18 heavy (non-hydrogen) atoms. The zero-order valence-corrected chi connectivity index (χ0v) is 10.7. The van der Waals surface area contributed by atoms with Gasteiger partial charge in [0, 0.05) is 0 Å². The van der Waals surface area contributed by atoms with E-state index in [1.807, 2.05) is 37.3 Å². The number of benzene rings is 2. The number of allylic oxidation sites excluding steroid dienone is 1. The summed E-state index contributed by atoms with van der Waals surface area (Å²) >= 11 is 0. The van der Waals surface area contributed by atoms with Crippen LogP contribution in [0.15, 0.2) is 49.0 Å². The van der Waals surface area contributed by atoms with Crippen LogP contribution in [0, 0.1) is 18.3 Å². The standard InChI is InChI=1S/C17H15N/c1-12(2)16-9-8-14(10-13(16)3)17-7-5-4-6-15(17)11-18/h4-10H,1H2,2-3H3. The van der Waals surface area contributed by atoms with Crippen molar-refractivity contribution >= 4 is 5.57 Å². The summed E-state index contributed by atoms with van der Waals surface area (Å²) in [5.41, 5.74) is 6.19. The average molecular weight is 233 g/mol. The Balaban J connectivity index is 2.57. The molecule has 0 atom stereocenters. The van der Waals surface area contributed by atoms with Crippen molar-refractivity contribution in [1.82, 2.24) is 0 Å². The van der Waals surface area contributed by atoms with Crippen molar-refractivity contribution in [2.24, 2.45) is 0 Å². The molecule has 0 bridgehead atoms. The van der Waals surface area contributed by atoms with Crippen LogP contribution in [-0.2, 0) is 0 Å². The molecule has 2 aromatic rings. The molecule has 0 aromatic heterocycles. The second kappa shape index (κ2) is 4.89. The van der Waals surface area contributed by atoms with Crippen molar-refractivity contribution in [3.8, 4) is 17.2 Å². The number of hydrogen-bond acceptors (Lipinski definition) is 1. The van der Waals surface area contributed by atoms with E-state index in [-0.39, 0.29) is 0 Å². The molecule has 0 radical (unpaired) electrons. The minimum absolute atomic E-state index is 0.708. The summed E-state index contributed by atoms with van der Waals surface area (Å²) in [6.07, 6.45) is 0. The van der Waals surface area contributed by atoms with Crippen LogP contribution in [0.4, 0.5) is 0 Å². The first-order valence-electron chi connectivity index (χ1n) is 5.89. The van der Waals surface area contributed by atoms with Crippen molar-refractivity contribution in [2.45, 2.75) is 13.8 Å². The molecule has 2 aromatic carbocycles. The second-order valence-electron chi connectivity index (χ2n) is 4.47. The Morgan fingerprint density at radius 1 is 1.17 bits per heavy atom. The number of rotatable bonds is 2. The van der Waals surface area contributed by atoms with Gasteiger partial charge in [0.1, 0.15) is 0 Å². The van der Waals surface area contributed by atoms with Gasteiger partial charge in [0.25, 0.3) is 0 Å². The summed E-state index contributed by atoms with van der Waals surface area (Å²) < 4.78 is 0. The molecule has 0 aliphatic carbocycles. The first kappa shape index (κ1) is 12.1. The van der Waals surface area contributed by atoms with Crippen LogP contribution < -0.4 is 0 Å². The smallest absolute Gasteiger partial charge is 0.0998 e. The van der Waals surface area contributed by atoms with Gasteiger partial charge in [0.15, 0.2) is 0 Å². The van der Waals surface area contributed by atoms with Crippen LogP contribution in [0.2, 0.25) is 0 Å². The normalized spacial score (nSPS) is 9.83. The first-order chi connectivity index (χ1) is 8.63. The highest BCUT2D eigenvalue weighted by Crippen LogP contribution is 2.27. The van der Waals surface area contributed by atoms with Gasteiger partial charge in [0.2, 0.25) is 0 Å². The van der Waals surface area contributed by atoms with Crippen molar-refractivity contribution in [2.75, 3.05) is 0 Å². The van der Waals surface area contributed by atoms with Crippen molar-refractivity contribution in [3.05, 3.63) is 65.7 Å². The monoisotopic (exact) mass is 233 g/mol. The molecule has 0 heterocycles. The van der Waals surface area contributed by atoms with E-state index in [1.165, 1.54) is 11.1 Å². The molecule has 0 aliphatic rings. The molecule has 0 saturated carbocycles. The maximum atomic E-state index is 9.13. The predicted molar refractivity (Wildman–Crippen MR) is 76.0 cm³/mol. The van der Waals surface area contributed by atoms with Gasteiger partial charge in [-0.2, -0.15) is 5.26 Å². The van der Waals surface area contributed by atoms with Gasteiger partial charge >= 0.3 is 0 Å². The fourth-order valence-electron chi connectivity index (χ4n) is 2.14. The van der Waals surface area contributed by atoms with Crippen molar-refractivity contribution < 1.29 is 0 Å². The van der Waals surface area contributed by atoms with Gasteiger partial charge in [0.05, 0.1) is 11.6 Å². The van der Waals surface area contributed by atoms with E-state index < -0.39 is 0 Å². The Labute approximate surface area is 108 Å². The topological polar surface area (TPSA) is 23.8 Å². The lowest BCUT2D eigenvalue weighted by molar-refractivity contribution is 1.40. The van der Waals surface area contributed by atoms with Crippen LogP contribution in [0.25, 0.3) is 16.7 Å². The molecule has 1 heteroatoms. The lowest BCUT2D eigenvalue weighted by Crippen LogP contribution is -1.88. The molecule has 0 spiro atoms. The summed E-state index contributed by atoms with van der Waals surface area (Å²) in [5.74, 6) is 0. The fraction of sp³-hybridized carbons (Fsp3) is 0.118. The molecule has 0 amide bonds. The number of nitriles is 1. The molecular formula is C17H15N. The van der Waals surface area contributed by atoms with E-state index in [9.17, 15) is 0 Å². The molecule has 88 valence electrons. The van der Waals surface area contributed by atoms with Crippen LogP contribution in [0.1, 0.15) is 23.6 Å². The lowest BCUT2D eigenvalue weighted by atomic mass is 9.95. The quantitative estimate of drug-likeness (QED) is 0.745. The molecular weight excluding hydrogens is 218 g/mol. The Hall–Kier alpha value is -2.33. The third-order valence-electron chi connectivity index (χ3n) is 3.04. The van der Waals surface area contributed by atoms with Gasteiger partial charge in [-0.1, -0.05) is 48.6 Å². The van der Waals surface area contributed by atoms with E-state index in [1.54, 1.807) is 0 Å². The van der Waals surface area contributed by atoms with Gasteiger partial charge in [-0.05, 0) is 42.2 Å². The highest BCUT2D eigenvalue weighted by Gasteiger charge is 2.06. The highest BCUT2D eigenvalue weighted by atomic mass is 14.2. The zero-order valence-electron chi connectivity index (χ0n) is 10.7. The fourth-order valence-corrected chi connectivity index (χ4v) is 2.14. The SMILES string of the molecule is C=C(C)c1ccc(-c2ccccc2C#N)cc1C. The molecule has 0 saturated heterocycles. The van der Waals surface area contributed by atoms with Crippen LogP contribution >= 0.6 is 0 Å². The van der Waals surface area contributed by atoms with Crippen LogP contribution in [-0.4, -0.2) is 0 Å². The maximum Gasteiger partial charge on any atom is 0.0998 e. The third-order valence-corrected chi connectivity index (χ3v) is 3.04. The van der Waals surface area contributed by atoms with Gasteiger partial charge in [-0.15, -0.1) is 0 Å². The van der Waals surface area contributed by atoms with Crippen molar-refractivity contribution in [3.63, 3.8) is 0 Å². The summed E-state index contributed by atoms with van der Waals surface area (Å²) in [4.78, 5) is 0. The van der Waals surface area contributed by atoms with E-state index in [0.29, 0.717) is 5.56 Å². The number of hydrogen-bond donors (Lipinski definition) is 0. The van der Waals surface area contributed by atoms with Crippen LogP contribution in [0.3, 0.4) is 0 Å². The third kappa shape index (κ3) is 2.19.